The summed E-state index contributed by atoms with van der Waals surface area (Å²) in [6.45, 7) is 6.56. The molecule has 0 radical (unpaired) electrons. The molecule has 2 aromatic carbocycles. The van der Waals surface area contributed by atoms with Gasteiger partial charge in [-0.3, -0.25) is 9.13 Å². The quantitative estimate of drug-likeness (QED) is 0.725. The maximum Gasteiger partial charge on any atom is 0.329 e. The van der Waals surface area contributed by atoms with Crippen LogP contribution in [0, 0.1) is 6.92 Å². The summed E-state index contributed by atoms with van der Waals surface area (Å²) in [4.78, 5) is 12.7. The Labute approximate surface area is 146 Å². The number of fused-ring (bicyclic) bond motifs is 1. The number of hydrogen-bond acceptors (Lipinski definition) is 4. The molecule has 3 aromatic rings. The van der Waals surface area contributed by atoms with E-state index in [2.05, 4.69) is 0 Å². The Morgan fingerprint density at radius 3 is 2.00 bits per heavy atom. The molecule has 0 bridgehead atoms. The molecule has 0 aliphatic carbocycles. The van der Waals surface area contributed by atoms with E-state index in [9.17, 15) is 13.2 Å². The highest BCUT2D eigenvalue weighted by Gasteiger charge is 2.23. The largest absolute Gasteiger partial charge is 0.398 e. The molecular weight excluding hydrogens is 338 g/mol. The fourth-order valence-electron chi connectivity index (χ4n) is 3.05. The van der Waals surface area contributed by atoms with Gasteiger partial charge in [-0.15, -0.1) is 0 Å². The standard InChI is InChI=1S/C18H21N3O3S/c1-4-20-15-10-14(19)17(11-16(15)21(5-2)18(20)22)25(23,24)13-8-6-12(3)7-9-13/h6-11H,4-5,19H2,1-3H3. The van der Waals surface area contributed by atoms with Gasteiger partial charge < -0.3 is 5.73 Å². The van der Waals surface area contributed by atoms with Gasteiger partial charge >= 0.3 is 5.69 Å². The predicted octanol–water partition coefficient (Wildman–Crippen LogP) is 2.57. The maximum atomic E-state index is 13.0. The average molecular weight is 359 g/mol. The van der Waals surface area contributed by atoms with Gasteiger partial charge in [0.2, 0.25) is 9.84 Å². The molecule has 0 fully saturated rings. The Hall–Kier alpha value is -2.54. The van der Waals surface area contributed by atoms with E-state index >= 15 is 0 Å². The first-order valence-corrected chi connectivity index (χ1v) is 9.63. The molecular formula is C18H21N3O3S. The van der Waals surface area contributed by atoms with Crippen LogP contribution in [0.4, 0.5) is 5.69 Å². The van der Waals surface area contributed by atoms with Gasteiger partial charge in [0.05, 0.1) is 26.5 Å². The minimum Gasteiger partial charge on any atom is -0.398 e. The summed E-state index contributed by atoms with van der Waals surface area (Å²) >= 11 is 0. The van der Waals surface area contributed by atoms with Gasteiger partial charge in [-0.1, -0.05) is 17.7 Å². The summed E-state index contributed by atoms with van der Waals surface area (Å²) in [7, 11) is -3.76. The van der Waals surface area contributed by atoms with Crippen LogP contribution in [0.15, 0.2) is 51.0 Å². The Bertz CT molecular complexity index is 1110. The third kappa shape index (κ3) is 2.64. The molecule has 0 spiro atoms. The fraction of sp³-hybridized carbons (Fsp3) is 0.278. The van der Waals surface area contributed by atoms with E-state index in [1.165, 1.54) is 6.07 Å². The second-order valence-electron chi connectivity index (χ2n) is 5.97. The van der Waals surface area contributed by atoms with Crippen molar-refractivity contribution in [1.29, 1.82) is 0 Å². The minimum atomic E-state index is -3.76. The molecule has 0 aliphatic rings. The highest BCUT2D eigenvalue weighted by Crippen LogP contribution is 2.30. The molecule has 0 saturated heterocycles. The van der Waals surface area contributed by atoms with Gasteiger partial charge in [0.25, 0.3) is 0 Å². The van der Waals surface area contributed by atoms with E-state index in [1.54, 1.807) is 39.5 Å². The fourth-order valence-corrected chi connectivity index (χ4v) is 4.43. The monoisotopic (exact) mass is 359 g/mol. The highest BCUT2D eigenvalue weighted by molar-refractivity contribution is 7.91. The van der Waals surface area contributed by atoms with Crippen molar-refractivity contribution >= 4 is 26.6 Å². The van der Waals surface area contributed by atoms with Crippen LogP contribution in [-0.4, -0.2) is 17.6 Å². The molecule has 0 atom stereocenters. The van der Waals surface area contributed by atoms with Crippen LogP contribution in [0.5, 0.6) is 0 Å². The van der Waals surface area contributed by atoms with Crippen LogP contribution < -0.4 is 11.4 Å². The van der Waals surface area contributed by atoms with Crippen LogP contribution in [0.3, 0.4) is 0 Å². The molecule has 132 valence electrons. The first-order valence-electron chi connectivity index (χ1n) is 8.15. The van der Waals surface area contributed by atoms with Gasteiger partial charge in [-0.05, 0) is 45.0 Å². The lowest BCUT2D eigenvalue weighted by Gasteiger charge is -2.10. The SMILES string of the molecule is CCn1c(=O)n(CC)c2cc(S(=O)(=O)c3ccc(C)cc3)c(N)cc21. The third-order valence-corrected chi connectivity index (χ3v) is 6.23. The third-order valence-electron chi connectivity index (χ3n) is 4.40. The number of nitrogens with zero attached hydrogens (tertiary/aromatic N) is 2. The van der Waals surface area contributed by atoms with Gasteiger partial charge in [0.1, 0.15) is 0 Å². The molecule has 0 saturated carbocycles. The van der Waals surface area contributed by atoms with Crippen LogP contribution in [0.2, 0.25) is 0 Å². The highest BCUT2D eigenvalue weighted by atomic mass is 32.2. The first kappa shape index (κ1) is 17.3. The molecule has 0 unspecified atom stereocenters. The molecule has 0 aliphatic heterocycles. The number of rotatable bonds is 4. The van der Waals surface area contributed by atoms with Crippen molar-refractivity contribution in [2.24, 2.45) is 0 Å². The van der Waals surface area contributed by atoms with Gasteiger partial charge in [-0.25, -0.2) is 13.2 Å². The van der Waals surface area contributed by atoms with Gasteiger partial charge in [-0.2, -0.15) is 0 Å². The summed E-state index contributed by atoms with van der Waals surface area (Å²) < 4.78 is 29.1. The Kier molecular flexibility index (Phi) is 4.20. The van der Waals surface area contributed by atoms with E-state index in [4.69, 9.17) is 5.73 Å². The van der Waals surface area contributed by atoms with Crippen LogP contribution in [-0.2, 0) is 22.9 Å². The van der Waals surface area contributed by atoms with Crippen LogP contribution >= 0.6 is 0 Å². The molecule has 6 nitrogen and oxygen atoms in total. The second-order valence-corrected chi connectivity index (χ2v) is 7.88. The van der Waals surface area contributed by atoms with E-state index in [1.807, 2.05) is 20.8 Å². The first-order chi connectivity index (χ1) is 11.8. The normalized spacial score (nSPS) is 12.0. The van der Waals surface area contributed by atoms with Crippen molar-refractivity contribution in [3.8, 4) is 0 Å². The summed E-state index contributed by atoms with van der Waals surface area (Å²) in [5.41, 5.74) is 8.24. The number of hydrogen-bond donors (Lipinski definition) is 1. The number of imidazole rings is 1. The number of nitrogen functional groups attached to an aromatic ring is 1. The Balaban J connectivity index is 2.32. The lowest BCUT2D eigenvalue weighted by molar-refractivity contribution is 0.596. The van der Waals surface area contributed by atoms with E-state index in [0.717, 1.165) is 5.56 Å². The maximum absolute atomic E-state index is 13.0. The van der Waals surface area contributed by atoms with Gasteiger partial charge in [0.15, 0.2) is 0 Å². The molecule has 1 heterocycles. The number of benzene rings is 2. The average Bonchev–Trinajstić information content (AvgIpc) is 2.84. The van der Waals surface area contributed by atoms with Crippen molar-refractivity contribution in [3.63, 3.8) is 0 Å². The summed E-state index contributed by atoms with van der Waals surface area (Å²) in [6, 6.07) is 9.72. The van der Waals surface area contributed by atoms with Crippen molar-refractivity contribution in [2.45, 2.75) is 43.7 Å². The van der Waals surface area contributed by atoms with Crippen LogP contribution in [0.1, 0.15) is 19.4 Å². The van der Waals surface area contributed by atoms with E-state index in [-0.39, 0.29) is 21.2 Å². The number of sulfone groups is 1. The summed E-state index contributed by atoms with van der Waals surface area (Å²) in [6.07, 6.45) is 0. The zero-order chi connectivity index (χ0) is 18.4. The van der Waals surface area contributed by atoms with Crippen molar-refractivity contribution in [1.82, 2.24) is 9.13 Å². The molecule has 2 N–H and O–H groups in total. The van der Waals surface area contributed by atoms with E-state index < -0.39 is 9.84 Å². The lowest BCUT2D eigenvalue weighted by Crippen LogP contribution is -2.23. The second kappa shape index (κ2) is 6.07. The zero-order valence-electron chi connectivity index (χ0n) is 14.5. The molecule has 0 amide bonds. The Morgan fingerprint density at radius 1 is 0.960 bits per heavy atom. The Morgan fingerprint density at radius 2 is 1.48 bits per heavy atom. The topological polar surface area (TPSA) is 87.1 Å². The molecule has 25 heavy (non-hydrogen) atoms. The lowest BCUT2D eigenvalue weighted by atomic mass is 10.2. The molecule has 1 aromatic heterocycles. The molecule has 7 heteroatoms. The summed E-state index contributed by atoms with van der Waals surface area (Å²) in [5.74, 6) is 0. The van der Waals surface area contributed by atoms with Crippen LogP contribution in [0.25, 0.3) is 11.0 Å². The predicted molar refractivity (Wildman–Crippen MR) is 98.6 cm³/mol. The zero-order valence-corrected chi connectivity index (χ0v) is 15.3. The summed E-state index contributed by atoms with van der Waals surface area (Å²) in [5, 5.41) is 0. The van der Waals surface area contributed by atoms with E-state index in [0.29, 0.717) is 24.1 Å². The van der Waals surface area contributed by atoms with Crippen molar-refractivity contribution in [3.05, 3.63) is 52.4 Å². The van der Waals surface area contributed by atoms with Crippen molar-refractivity contribution in [2.75, 3.05) is 5.73 Å². The number of aryl methyl sites for hydroxylation is 3. The number of aromatic nitrogens is 2. The van der Waals surface area contributed by atoms with Gasteiger partial charge in [0, 0.05) is 13.1 Å². The van der Waals surface area contributed by atoms with Crippen molar-refractivity contribution < 1.29 is 8.42 Å². The number of nitrogens with two attached hydrogens (primary N) is 1. The molecule has 3 rings (SSSR count). The smallest absolute Gasteiger partial charge is 0.329 e. The number of anilines is 1. The minimum absolute atomic E-state index is 0.0271.